The van der Waals surface area contributed by atoms with E-state index in [1.54, 1.807) is 0 Å². The number of rotatable bonds is 7. The fourth-order valence-electron chi connectivity index (χ4n) is 3.68. The van der Waals surface area contributed by atoms with Crippen LogP contribution >= 0.6 is 0 Å². The molecule has 0 saturated heterocycles. The maximum Gasteiger partial charge on any atom is 0.307 e. The molecule has 158 valence electrons. The van der Waals surface area contributed by atoms with Gasteiger partial charge in [0.1, 0.15) is 12.4 Å². The molecule has 1 aliphatic heterocycles. The molecule has 0 amide bonds. The molecule has 31 heavy (non-hydrogen) atoms. The second kappa shape index (κ2) is 9.40. The number of benzene rings is 3. The van der Waals surface area contributed by atoms with Crippen LogP contribution in [0.2, 0.25) is 0 Å². The molecule has 0 N–H and O–H groups in total. The van der Waals surface area contributed by atoms with Crippen molar-refractivity contribution in [1.82, 2.24) is 0 Å². The summed E-state index contributed by atoms with van der Waals surface area (Å²) in [5, 5.41) is 11.3. The molecule has 0 radical (unpaired) electrons. The lowest BCUT2D eigenvalue weighted by Crippen LogP contribution is -2.16. The van der Waals surface area contributed by atoms with Crippen LogP contribution in [0.25, 0.3) is 0 Å². The second-order valence-electron chi connectivity index (χ2n) is 7.20. The Morgan fingerprint density at radius 1 is 1.03 bits per heavy atom. The zero-order valence-corrected chi connectivity index (χ0v) is 16.7. The minimum absolute atomic E-state index is 0.0514. The summed E-state index contributed by atoms with van der Waals surface area (Å²) in [7, 11) is 0. The molecular weight excluding hydrogens is 398 g/mol. The lowest BCUT2D eigenvalue weighted by atomic mass is 9.88. The van der Waals surface area contributed by atoms with Crippen molar-refractivity contribution in [3.63, 3.8) is 0 Å². The van der Waals surface area contributed by atoms with Gasteiger partial charge in [0.15, 0.2) is 6.79 Å². The number of carbonyl (C=O) groups is 1. The van der Waals surface area contributed by atoms with Gasteiger partial charge in [-0.3, -0.25) is 14.9 Å². The van der Waals surface area contributed by atoms with Gasteiger partial charge in [0.05, 0.1) is 18.0 Å². The van der Waals surface area contributed by atoms with Crippen LogP contribution < -0.4 is 4.74 Å². The van der Waals surface area contributed by atoms with Crippen LogP contribution in [0.1, 0.15) is 34.6 Å². The lowest BCUT2D eigenvalue weighted by Gasteiger charge is -2.21. The third-order valence-electron chi connectivity index (χ3n) is 5.15. The number of non-ortho nitro benzene ring substituents is 1. The first kappa shape index (κ1) is 20.6. The maximum absolute atomic E-state index is 12.7. The van der Waals surface area contributed by atoms with Gasteiger partial charge in [-0.1, -0.05) is 60.7 Å². The van der Waals surface area contributed by atoms with Crippen molar-refractivity contribution in [3.05, 3.63) is 105 Å². The van der Waals surface area contributed by atoms with Crippen LogP contribution in [-0.4, -0.2) is 17.7 Å². The zero-order valence-electron chi connectivity index (χ0n) is 16.7. The number of ether oxygens (including phenoxy) is 3. The van der Waals surface area contributed by atoms with Gasteiger partial charge in [0.2, 0.25) is 0 Å². The van der Waals surface area contributed by atoms with Crippen LogP contribution in [0.3, 0.4) is 0 Å². The average molecular weight is 419 g/mol. The number of carbonyl (C=O) groups excluding carboxylic acids is 1. The Morgan fingerprint density at radius 2 is 1.68 bits per heavy atom. The van der Waals surface area contributed by atoms with Gasteiger partial charge in [0.25, 0.3) is 5.69 Å². The Morgan fingerprint density at radius 3 is 2.29 bits per heavy atom. The number of hydrogen-bond donors (Lipinski definition) is 0. The van der Waals surface area contributed by atoms with Crippen LogP contribution in [-0.2, 0) is 27.5 Å². The minimum atomic E-state index is -0.485. The maximum atomic E-state index is 12.7. The van der Waals surface area contributed by atoms with E-state index < -0.39 is 10.9 Å². The molecule has 4 rings (SSSR count). The van der Waals surface area contributed by atoms with E-state index >= 15 is 0 Å². The molecule has 7 heteroatoms. The van der Waals surface area contributed by atoms with Gasteiger partial charge in [-0.15, -0.1) is 0 Å². The zero-order chi connectivity index (χ0) is 21.6. The summed E-state index contributed by atoms with van der Waals surface area (Å²) in [6.45, 7) is 0.150. The van der Waals surface area contributed by atoms with Gasteiger partial charge in [-0.2, -0.15) is 0 Å². The summed E-state index contributed by atoms with van der Waals surface area (Å²) >= 11 is 0. The Kier molecular flexibility index (Phi) is 6.24. The third kappa shape index (κ3) is 4.90. The third-order valence-corrected chi connectivity index (χ3v) is 5.15. The monoisotopic (exact) mass is 419 g/mol. The molecule has 1 heterocycles. The molecule has 7 nitrogen and oxygen atoms in total. The van der Waals surface area contributed by atoms with Gasteiger partial charge in [0, 0.05) is 29.2 Å². The Balaban J connectivity index is 1.52. The highest BCUT2D eigenvalue weighted by molar-refractivity contribution is 5.71. The molecule has 0 spiro atoms. The van der Waals surface area contributed by atoms with Crippen molar-refractivity contribution in [2.45, 2.75) is 25.6 Å². The van der Waals surface area contributed by atoms with Crippen molar-refractivity contribution in [3.8, 4) is 5.75 Å². The van der Waals surface area contributed by atoms with Crippen molar-refractivity contribution < 1.29 is 23.9 Å². The summed E-state index contributed by atoms with van der Waals surface area (Å²) < 4.78 is 16.2. The van der Waals surface area contributed by atoms with Crippen LogP contribution in [0.15, 0.2) is 72.8 Å². The molecule has 0 fully saturated rings. The summed E-state index contributed by atoms with van der Waals surface area (Å²) in [6, 6.07) is 22.3. The fraction of sp³-hybridized carbons (Fsp3) is 0.208. The van der Waals surface area contributed by atoms with E-state index in [4.69, 9.17) is 14.2 Å². The van der Waals surface area contributed by atoms with Crippen molar-refractivity contribution in [2.75, 3.05) is 6.79 Å². The van der Waals surface area contributed by atoms with Gasteiger partial charge < -0.3 is 14.2 Å². The summed E-state index contributed by atoms with van der Waals surface area (Å²) in [6.07, 6.45) is 0.148. The topological polar surface area (TPSA) is 87.9 Å². The van der Waals surface area contributed by atoms with Gasteiger partial charge in [-0.25, -0.2) is 0 Å². The predicted octanol–water partition coefficient (Wildman–Crippen LogP) is 4.73. The minimum Gasteiger partial charge on any atom is -0.467 e. The quantitative estimate of drug-likeness (QED) is 0.313. The number of nitrogens with zero attached hydrogens (tertiary/aromatic N) is 1. The fourth-order valence-corrected chi connectivity index (χ4v) is 3.68. The first-order valence-corrected chi connectivity index (χ1v) is 9.88. The Hall–Kier alpha value is -3.71. The molecule has 3 aromatic rings. The normalized spacial score (nSPS) is 12.7. The highest BCUT2D eigenvalue weighted by Gasteiger charge is 2.23. The summed E-state index contributed by atoms with van der Waals surface area (Å²) in [5.74, 6) is -0.0732. The molecule has 0 bridgehead atoms. The van der Waals surface area contributed by atoms with E-state index in [2.05, 4.69) is 0 Å². The first-order valence-electron chi connectivity index (χ1n) is 9.88. The van der Waals surface area contributed by atoms with Gasteiger partial charge in [-0.05, 0) is 11.1 Å². The lowest BCUT2D eigenvalue weighted by molar-refractivity contribution is -0.385. The molecule has 0 aromatic heterocycles. The largest absolute Gasteiger partial charge is 0.467 e. The van der Waals surface area contributed by atoms with Crippen molar-refractivity contribution >= 4 is 11.7 Å². The number of hydrogen-bond acceptors (Lipinski definition) is 6. The van der Waals surface area contributed by atoms with E-state index in [-0.39, 0.29) is 38.0 Å². The Bertz CT molecular complexity index is 1030. The van der Waals surface area contributed by atoms with Crippen molar-refractivity contribution in [2.24, 2.45) is 0 Å². The highest BCUT2D eigenvalue weighted by atomic mass is 16.7. The average Bonchev–Trinajstić information content (AvgIpc) is 2.82. The molecular formula is C24H21NO6. The number of nitro benzene ring substituents is 1. The SMILES string of the molecule is O=C(CC(c1ccccc1)c1ccccc1)OCc1cc([N+](=O)[O-])cc2c1OCOC2. The Labute approximate surface area is 179 Å². The van der Waals surface area contributed by atoms with Gasteiger partial charge >= 0.3 is 5.97 Å². The molecule has 0 unspecified atom stereocenters. The van der Waals surface area contributed by atoms with Crippen LogP contribution in [0.5, 0.6) is 5.75 Å². The van der Waals surface area contributed by atoms with E-state index in [0.29, 0.717) is 16.9 Å². The smallest absolute Gasteiger partial charge is 0.307 e. The van der Waals surface area contributed by atoms with Crippen LogP contribution in [0.4, 0.5) is 5.69 Å². The number of fused-ring (bicyclic) bond motifs is 1. The van der Waals surface area contributed by atoms with E-state index in [9.17, 15) is 14.9 Å². The first-order chi connectivity index (χ1) is 15.1. The number of nitro groups is 1. The van der Waals surface area contributed by atoms with E-state index in [1.165, 1.54) is 12.1 Å². The van der Waals surface area contributed by atoms with Crippen LogP contribution in [0, 0.1) is 10.1 Å². The molecule has 1 aliphatic rings. The molecule has 0 aliphatic carbocycles. The molecule has 0 saturated carbocycles. The molecule has 3 aromatic carbocycles. The summed E-state index contributed by atoms with van der Waals surface area (Å²) in [4.78, 5) is 23.5. The number of esters is 1. The molecule has 0 atom stereocenters. The van der Waals surface area contributed by atoms with E-state index in [0.717, 1.165) is 11.1 Å². The standard InChI is InChI=1S/C24H21NO6/c26-23(13-22(17-7-3-1-4-8-17)18-9-5-2-6-10-18)30-15-20-12-21(25(27)28)11-19-14-29-16-31-24(19)20/h1-12,22H,13-16H2. The highest BCUT2D eigenvalue weighted by Crippen LogP contribution is 2.34. The summed E-state index contributed by atoms with van der Waals surface area (Å²) in [5.41, 5.74) is 2.96. The second-order valence-corrected chi connectivity index (χ2v) is 7.20. The van der Waals surface area contributed by atoms with E-state index in [1.807, 2.05) is 60.7 Å². The van der Waals surface area contributed by atoms with Crippen molar-refractivity contribution in [1.29, 1.82) is 0 Å². The predicted molar refractivity (Wildman–Crippen MR) is 113 cm³/mol.